The largest absolute Gasteiger partial charge is 0.493 e. The van der Waals surface area contributed by atoms with E-state index in [0.717, 1.165) is 23.3 Å². The Morgan fingerprint density at radius 3 is 2.30 bits per heavy atom. The van der Waals surface area contributed by atoms with Gasteiger partial charge in [0.25, 0.3) is 0 Å². The van der Waals surface area contributed by atoms with Crippen LogP contribution in [0.25, 0.3) is 0 Å². The molecule has 1 fully saturated rings. The van der Waals surface area contributed by atoms with E-state index in [1.165, 1.54) is 16.4 Å². The highest BCUT2D eigenvalue weighted by molar-refractivity contribution is 7.89. The molecule has 0 unspecified atom stereocenters. The SMILES string of the molecule is Cc1ccc(C)c(OCCCC(C)(C)C(=O)N2CCN(S(=O)(=O)c3ccc(Cl)cc3)CC2)c1. The molecule has 0 atom stereocenters. The smallest absolute Gasteiger partial charge is 0.243 e. The molecule has 0 N–H and O–H groups in total. The van der Waals surface area contributed by atoms with Crippen LogP contribution in [0.2, 0.25) is 5.02 Å². The molecule has 1 heterocycles. The third-order valence-corrected chi connectivity index (χ3v) is 8.27. The van der Waals surface area contributed by atoms with Crippen molar-refractivity contribution in [2.75, 3.05) is 32.8 Å². The fourth-order valence-electron chi connectivity index (χ4n) is 3.98. The molecular weight excluding hydrogens is 460 g/mol. The third-order valence-electron chi connectivity index (χ3n) is 6.10. The minimum atomic E-state index is -3.59. The summed E-state index contributed by atoms with van der Waals surface area (Å²) in [4.78, 5) is 15.1. The van der Waals surface area contributed by atoms with Crippen LogP contribution < -0.4 is 4.74 Å². The van der Waals surface area contributed by atoms with Crippen molar-refractivity contribution in [1.29, 1.82) is 0 Å². The van der Waals surface area contributed by atoms with Crippen molar-refractivity contribution >= 4 is 27.5 Å². The van der Waals surface area contributed by atoms with Gasteiger partial charge in [-0.3, -0.25) is 4.79 Å². The summed E-state index contributed by atoms with van der Waals surface area (Å²) in [6.45, 7) is 9.83. The first-order chi connectivity index (χ1) is 15.5. The van der Waals surface area contributed by atoms with Gasteiger partial charge in [-0.15, -0.1) is 0 Å². The van der Waals surface area contributed by atoms with Crippen molar-refractivity contribution in [3.8, 4) is 5.75 Å². The van der Waals surface area contributed by atoms with Gasteiger partial charge in [0.2, 0.25) is 15.9 Å². The van der Waals surface area contributed by atoms with Crippen LogP contribution in [0.1, 0.15) is 37.8 Å². The predicted molar refractivity (Wildman–Crippen MR) is 131 cm³/mol. The molecular formula is C25H33ClN2O4S. The molecule has 1 saturated heterocycles. The van der Waals surface area contributed by atoms with Gasteiger partial charge < -0.3 is 9.64 Å². The summed E-state index contributed by atoms with van der Waals surface area (Å²) >= 11 is 5.87. The molecule has 1 aliphatic heterocycles. The average molecular weight is 493 g/mol. The number of carbonyl (C=O) groups excluding carboxylic acids is 1. The van der Waals surface area contributed by atoms with Gasteiger partial charge in [0.05, 0.1) is 11.5 Å². The lowest BCUT2D eigenvalue weighted by Crippen LogP contribution is -2.53. The topological polar surface area (TPSA) is 66.9 Å². The second kappa shape index (κ2) is 10.5. The first-order valence-electron chi connectivity index (χ1n) is 11.3. The number of ether oxygens (including phenoxy) is 1. The van der Waals surface area contributed by atoms with E-state index >= 15 is 0 Å². The molecule has 180 valence electrons. The summed E-state index contributed by atoms with van der Waals surface area (Å²) < 4.78 is 33.1. The van der Waals surface area contributed by atoms with Crippen LogP contribution in [0.15, 0.2) is 47.4 Å². The van der Waals surface area contributed by atoms with Crippen molar-refractivity contribution in [2.45, 2.75) is 45.4 Å². The lowest BCUT2D eigenvalue weighted by molar-refractivity contribution is -0.142. The molecule has 6 nitrogen and oxygen atoms in total. The molecule has 0 aromatic heterocycles. The van der Waals surface area contributed by atoms with E-state index in [9.17, 15) is 13.2 Å². The van der Waals surface area contributed by atoms with Crippen molar-refractivity contribution in [1.82, 2.24) is 9.21 Å². The maximum atomic E-state index is 13.1. The normalized spacial score (nSPS) is 15.5. The Kier molecular flexibility index (Phi) is 8.08. The quantitative estimate of drug-likeness (QED) is 0.502. The maximum absolute atomic E-state index is 13.1. The summed E-state index contributed by atoms with van der Waals surface area (Å²) in [5.41, 5.74) is 1.72. The minimum absolute atomic E-state index is 0.0535. The standard InChI is InChI=1S/C25H33ClN2O4S/c1-19-6-7-20(2)23(18-19)32-17-5-12-25(3,4)24(29)27-13-15-28(16-14-27)33(30,31)22-10-8-21(26)9-11-22/h6-11,18H,5,12-17H2,1-4H3. The highest BCUT2D eigenvalue weighted by Gasteiger charge is 2.35. The number of carbonyl (C=O) groups is 1. The Balaban J connectivity index is 1.50. The highest BCUT2D eigenvalue weighted by Crippen LogP contribution is 2.28. The van der Waals surface area contributed by atoms with E-state index in [2.05, 4.69) is 6.07 Å². The number of piperazine rings is 1. The van der Waals surface area contributed by atoms with Crippen LogP contribution in [0, 0.1) is 19.3 Å². The first-order valence-corrected chi connectivity index (χ1v) is 13.1. The molecule has 1 aliphatic rings. The Hall–Kier alpha value is -2.09. The number of amides is 1. The summed E-state index contributed by atoms with van der Waals surface area (Å²) in [7, 11) is -3.59. The maximum Gasteiger partial charge on any atom is 0.243 e. The van der Waals surface area contributed by atoms with Crippen LogP contribution in [0.5, 0.6) is 5.75 Å². The summed E-state index contributed by atoms with van der Waals surface area (Å²) in [5.74, 6) is 0.940. The van der Waals surface area contributed by atoms with Crippen molar-refractivity contribution in [3.63, 3.8) is 0 Å². The van der Waals surface area contributed by atoms with E-state index in [4.69, 9.17) is 16.3 Å². The molecule has 8 heteroatoms. The Labute approximate surface area is 202 Å². The molecule has 2 aromatic rings. The van der Waals surface area contributed by atoms with Gasteiger partial charge in [-0.25, -0.2) is 8.42 Å². The van der Waals surface area contributed by atoms with Gasteiger partial charge in [0, 0.05) is 36.6 Å². The Bertz CT molecular complexity index is 1080. The summed E-state index contributed by atoms with van der Waals surface area (Å²) in [5, 5.41) is 0.492. The molecule has 0 bridgehead atoms. The molecule has 2 aromatic carbocycles. The number of rotatable bonds is 8. The van der Waals surface area contributed by atoms with Gasteiger partial charge in [-0.2, -0.15) is 4.31 Å². The van der Waals surface area contributed by atoms with Crippen molar-refractivity contribution in [2.24, 2.45) is 5.41 Å². The Morgan fingerprint density at radius 2 is 1.67 bits per heavy atom. The van der Waals surface area contributed by atoms with Crippen LogP contribution in [0.3, 0.4) is 0 Å². The van der Waals surface area contributed by atoms with Crippen LogP contribution >= 0.6 is 11.6 Å². The fraction of sp³-hybridized carbons (Fsp3) is 0.480. The Morgan fingerprint density at radius 1 is 1.03 bits per heavy atom. The number of hydrogen-bond donors (Lipinski definition) is 0. The van der Waals surface area contributed by atoms with Gasteiger partial charge in [-0.1, -0.05) is 37.6 Å². The number of nitrogens with zero attached hydrogens (tertiary/aromatic N) is 2. The predicted octanol–water partition coefficient (Wildman–Crippen LogP) is 4.68. The number of hydrogen-bond acceptors (Lipinski definition) is 4. The van der Waals surface area contributed by atoms with Crippen LogP contribution in [-0.4, -0.2) is 56.3 Å². The monoisotopic (exact) mass is 492 g/mol. The van der Waals surface area contributed by atoms with Gasteiger partial charge >= 0.3 is 0 Å². The number of benzene rings is 2. The van der Waals surface area contributed by atoms with Gasteiger partial charge in [0.15, 0.2) is 0 Å². The van der Waals surface area contributed by atoms with E-state index in [0.29, 0.717) is 31.1 Å². The lowest BCUT2D eigenvalue weighted by atomic mass is 9.86. The fourth-order valence-corrected chi connectivity index (χ4v) is 5.53. The second-order valence-electron chi connectivity index (χ2n) is 9.26. The first kappa shape index (κ1) is 25.5. The van der Waals surface area contributed by atoms with Crippen molar-refractivity contribution < 1.29 is 17.9 Å². The van der Waals surface area contributed by atoms with Crippen LogP contribution in [-0.2, 0) is 14.8 Å². The highest BCUT2D eigenvalue weighted by atomic mass is 35.5. The van der Waals surface area contributed by atoms with E-state index < -0.39 is 15.4 Å². The van der Waals surface area contributed by atoms with E-state index in [1.54, 1.807) is 17.0 Å². The average Bonchev–Trinajstić information content (AvgIpc) is 2.78. The molecule has 33 heavy (non-hydrogen) atoms. The molecule has 3 rings (SSSR count). The molecule has 0 spiro atoms. The zero-order valence-electron chi connectivity index (χ0n) is 19.8. The minimum Gasteiger partial charge on any atom is -0.493 e. The summed E-state index contributed by atoms with van der Waals surface area (Å²) in [6, 6.07) is 12.3. The molecule has 0 aliphatic carbocycles. The number of aryl methyl sites for hydroxylation is 2. The number of sulfonamides is 1. The zero-order chi connectivity index (χ0) is 24.2. The number of halogens is 1. The third kappa shape index (κ3) is 6.28. The summed E-state index contributed by atoms with van der Waals surface area (Å²) in [6.07, 6.45) is 1.46. The van der Waals surface area contributed by atoms with Gasteiger partial charge in [-0.05, 0) is 68.1 Å². The van der Waals surface area contributed by atoms with Crippen LogP contribution in [0.4, 0.5) is 0 Å². The van der Waals surface area contributed by atoms with Crippen molar-refractivity contribution in [3.05, 3.63) is 58.6 Å². The lowest BCUT2D eigenvalue weighted by Gasteiger charge is -2.38. The molecule has 1 amide bonds. The van der Waals surface area contributed by atoms with Gasteiger partial charge in [0.1, 0.15) is 5.75 Å². The second-order valence-corrected chi connectivity index (χ2v) is 11.6. The molecule has 0 saturated carbocycles. The molecule has 0 radical (unpaired) electrons. The zero-order valence-corrected chi connectivity index (χ0v) is 21.4. The van der Waals surface area contributed by atoms with E-state index in [-0.39, 0.29) is 23.9 Å². The van der Waals surface area contributed by atoms with E-state index in [1.807, 2.05) is 39.8 Å².